The minimum Gasteiger partial charge on any atom is -0.0885 e. The zero-order chi connectivity index (χ0) is 17.8. The van der Waals surface area contributed by atoms with Crippen molar-refractivity contribution in [1.82, 2.24) is 0 Å². The molecule has 0 aromatic heterocycles. The first kappa shape index (κ1) is 19.5. The molecule has 0 saturated heterocycles. The minimum atomic E-state index is 0.893. The van der Waals surface area contributed by atoms with E-state index in [0.717, 1.165) is 47.3 Å². The van der Waals surface area contributed by atoms with Crippen molar-refractivity contribution in [3.8, 4) is 0 Å². The van der Waals surface area contributed by atoms with Crippen molar-refractivity contribution in [2.75, 3.05) is 0 Å². The van der Waals surface area contributed by atoms with Crippen LogP contribution in [0.2, 0.25) is 0 Å². The number of hydrogen-bond acceptors (Lipinski definition) is 0. The van der Waals surface area contributed by atoms with E-state index in [1.807, 2.05) is 0 Å². The van der Waals surface area contributed by atoms with Gasteiger partial charge in [0.1, 0.15) is 0 Å². The normalized spacial score (nSPS) is 46.4. The van der Waals surface area contributed by atoms with Crippen LogP contribution in [0.1, 0.15) is 98.3 Å². The fourth-order valence-electron chi connectivity index (χ4n) is 6.83. The summed E-state index contributed by atoms with van der Waals surface area (Å²) in [6.07, 6.45) is 21.2. The molecule has 144 valence electrons. The molecule has 3 rings (SSSR count). The zero-order valence-electron chi connectivity index (χ0n) is 17.6. The van der Waals surface area contributed by atoms with E-state index in [1.54, 1.807) is 12.8 Å². The van der Waals surface area contributed by atoms with Crippen LogP contribution in [0, 0.1) is 47.3 Å². The molecule has 0 bridgehead atoms. The molecule has 0 heterocycles. The maximum Gasteiger partial charge on any atom is -0.0233 e. The molecule has 0 spiro atoms. The highest BCUT2D eigenvalue weighted by atomic mass is 14.5. The molecule has 0 aromatic carbocycles. The van der Waals surface area contributed by atoms with Gasteiger partial charge in [0.2, 0.25) is 0 Å². The van der Waals surface area contributed by atoms with E-state index in [0.29, 0.717) is 0 Å². The molecule has 25 heavy (non-hydrogen) atoms. The molecule has 0 heteroatoms. The second-order valence-electron chi connectivity index (χ2n) is 10.2. The topological polar surface area (TPSA) is 0 Å². The summed E-state index contributed by atoms with van der Waals surface area (Å²) < 4.78 is 0. The highest BCUT2D eigenvalue weighted by Gasteiger charge is 2.41. The lowest BCUT2D eigenvalue weighted by Crippen LogP contribution is -2.39. The van der Waals surface area contributed by atoms with Crippen LogP contribution < -0.4 is 0 Å². The zero-order valence-corrected chi connectivity index (χ0v) is 17.6. The van der Waals surface area contributed by atoms with Crippen LogP contribution in [0.4, 0.5) is 0 Å². The van der Waals surface area contributed by atoms with Gasteiger partial charge in [-0.25, -0.2) is 0 Å². The Kier molecular flexibility index (Phi) is 7.09. The molecule has 3 aliphatic carbocycles. The van der Waals surface area contributed by atoms with Gasteiger partial charge in [-0.3, -0.25) is 0 Å². The molecular weight excluding hydrogens is 300 g/mol. The average Bonchev–Trinajstić information content (AvgIpc) is 2.64. The Morgan fingerprint density at radius 2 is 1.12 bits per heavy atom. The Morgan fingerprint density at radius 3 is 1.60 bits per heavy atom. The maximum atomic E-state index is 2.62. The average molecular weight is 345 g/mol. The summed E-state index contributed by atoms with van der Waals surface area (Å²) in [6, 6.07) is 0. The quantitative estimate of drug-likeness (QED) is 0.455. The second kappa shape index (κ2) is 9.09. The van der Waals surface area contributed by atoms with Crippen molar-refractivity contribution in [2.45, 2.75) is 98.3 Å². The van der Waals surface area contributed by atoms with Crippen molar-refractivity contribution < 1.29 is 0 Å². The van der Waals surface area contributed by atoms with Gasteiger partial charge in [-0.15, -0.1) is 0 Å². The summed E-state index contributed by atoms with van der Waals surface area (Å²) >= 11 is 0. The van der Waals surface area contributed by atoms with Crippen LogP contribution in [0.3, 0.4) is 0 Å². The summed E-state index contributed by atoms with van der Waals surface area (Å²) in [5.74, 6) is 8.00. The van der Waals surface area contributed by atoms with Crippen LogP contribution >= 0.6 is 0 Å². The van der Waals surface area contributed by atoms with Crippen LogP contribution in [-0.4, -0.2) is 0 Å². The molecular formula is C25H44. The van der Waals surface area contributed by atoms with Crippen LogP contribution in [0.5, 0.6) is 0 Å². The lowest BCUT2D eigenvalue weighted by molar-refractivity contribution is 0.0183. The van der Waals surface area contributed by atoms with Gasteiger partial charge in [0.25, 0.3) is 0 Å². The summed E-state index contributed by atoms with van der Waals surface area (Å²) in [4.78, 5) is 0. The molecule has 3 aliphatic rings. The monoisotopic (exact) mass is 344 g/mol. The fourth-order valence-corrected chi connectivity index (χ4v) is 6.83. The summed E-state index contributed by atoms with van der Waals surface area (Å²) in [5.41, 5.74) is 0. The predicted octanol–water partition coefficient (Wildman–Crippen LogP) is 7.88. The van der Waals surface area contributed by atoms with Crippen molar-refractivity contribution in [3.05, 3.63) is 12.2 Å². The number of allylic oxidation sites excluding steroid dienone is 2. The van der Waals surface area contributed by atoms with Gasteiger partial charge in [0.05, 0.1) is 0 Å². The van der Waals surface area contributed by atoms with Crippen LogP contribution in [0.25, 0.3) is 0 Å². The largest absolute Gasteiger partial charge is 0.0885 e. The lowest BCUT2D eigenvalue weighted by atomic mass is 9.57. The molecule has 0 aliphatic heterocycles. The Hall–Kier alpha value is -0.260. The van der Waals surface area contributed by atoms with Crippen LogP contribution in [0.15, 0.2) is 12.2 Å². The van der Waals surface area contributed by atoms with Gasteiger partial charge in [0, 0.05) is 0 Å². The lowest BCUT2D eigenvalue weighted by Gasteiger charge is -2.48. The molecule has 0 amide bonds. The second-order valence-corrected chi connectivity index (χ2v) is 10.2. The third kappa shape index (κ3) is 4.72. The number of hydrogen-bond donors (Lipinski definition) is 0. The van der Waals surface area contributed by atoms with E-state index >= 15 is 0 Å². The molecule has 0 radical (unpaired) electrons. The van der Waals surface area contributed by atoms with Crippen molar-refractivity contribution in [3.63, 3.8) is 0 Å². The summed E-state index contributed by atoms with van der Waals surface area (Å²) in [6.45, 7) is 9.97. The Labute approximate surface area is 158 Å². The maximum absolute atomic E-state index is 2.62. The standard InChI is InChI=1S/C25H44/c1-5-6-7-21-10-14-23(15-11-21)25-17-16-24(19(3)20(25)4)22-12-8-18(2)9-13-22/h6-7,18-25H,5,8-17H2,1-4H3/b7-6+. The van der Waals surface area contributed by atoms with Gasteiger partial charge in [0.15, 0.2) is 0 Å². The smallest absolute Gasteiger partial charge is 0.0233 e. The SMILES string of the molecule is CC/C=C/C1CCC(C2CCC(C3CCC(C)CC3)C(C)C2C)CC1. The van der Waals surface area contributed by atoms with Gasteiger partial charge in [-0.2, -0.15) is 0 Å². The van der Waals surface area contributed by atoms with Gasteiger partial charge < -0.3 is 0 Å². The highest BCUT2D eigenvalue weighted by Crippen LogP contribution is 2.50. The van der Waals surface area contributed by atoms with Crippen molar-refractivity contribution in [2.24, 2.45) is 47.3 Å². The fraction of sp³-hybridized carbons (Fsp3) is 0.920. The first-order valence-electron chi connectivity index (χ1n) is 11.8. The van der Waals surface area contributed by atoms with Gasteiger partial charge in [-0.1, -0.05) is 52.7 Å². The molecule has 3 fully saturated rings. The molecule has 0 aromatic rings. The molecule has 0 N–H and O–H groups in total. The van der Waals surface area contributed by atoms with Crippen molar-refractivity contribution in [1.29, 1.82) is 0 Å². The van der Waals surface area contributed by atoms with E-state index in [2.05, 4.69) is 39.8 Å². The Morgan fingerprint density at radius 1 is 0.640 bits per heavy atom. The molecule has 0 nitrogen and oxygen atoms in total. The third-order valence-corrected chi connectivity index (χ3v) is 8.75. The summed E-state index contributed by atoms with van der Waals surface area (Å²) in [7, 11) is 0. The van der Waals surface area contributed by atoms with Gasteiger partial charge in [-0.05, 0) is 105 Å². The number of rotatable bonds is 4. The third-order valence-electron chi connectivity index (χ3n) is 8.75. The first-order valence-corrected chi connectivity index (χ1v) is 11.8. The van der Waals surface area contributed by atoms with E-state index in [-0.39, 0.29) is 0 Å². The molecule has 4 unspecified atom stereocenters. The Balaban J connectivity index is 1.52. The van der Waals surface area contributed by atoms with Gasteiger partial charge >= 0.3 is 0 Å². The summed E-state index contributed by atoms with van der Waals surface area (Å²) in [5, 5.41) is 0. The Bertz CT molecular complexity index is 406. The van der Waals surface area contributed by atoms with E-state index in [4.69, 9.17) is 0 Å². The highest BCUT2D eigenvalue weighted by molar-refractivity contribution is 4.95. The molecule has 4 atom stereocenters. The van der Waals surface area contributed by atoms with E-state index in [1.165, 1.54) is 57.8 Å². The van der Waals surface area contributed by atoms with E-state index < -0.39 is 0 Å². The van der Waals surface area contributed by atoms with Crippen molar-refractivity contribution >= 4 is 0 Å². The first-order chi connectivity index (χ1) is 12.1. The van der Waals surface area contributed by atoms with Crippen LogP contribution in [-0.2, 0) is 0 Å². The molecule has 3 saturated carbocycles. The predicted molar refractivity (Wildman–Crippen MR) is 111 cm³/mol. The van der Waals surface area contributed by atoms with E-state index in [9.17, 15) is 0 Å². The minimum absolute atomic E-state index is 0.893.